The SMILES string of the molecule is CCCCCCN(C(=O)C(CC(N)=O)NC(=O)OC(C)(C)C)C(C(=O)NC(C)(C)C)c1ccccc1O. The molecule has 0 saturated carbocycles. The van der Waals surface area contributed by atoms with E-state index in [0.717, 1.165) is 19.3 Å². The smallest absolute Gasteiger partial charge is 0.408 e. The summed E-state index contributed by atoms with van der Waals surface area (Å²) in [6, 6.07) is 3.70. The number of primary amides is 1. The van der Waals surface area contributed by atoms with Gasteiger partial charge in [0.05, 0.1) is 6.42 Å². The van der Waals surface area contributed by atoms with Gasteiger partial charge in [0.25, 0.3) is 0 Å². The molecular formula is C27H44N4O6. The zero-order valence-electron chi connectivity index (χ0n) is 23.2. The van der Waals surface area contributed by atoms with Gasteiger partial charge in [0.2, 0.25) is 17.7 Å². The number of unbranched alkanes of at least 4 members (excludes halogenated alkanes) is 3. The number of para-hydroxylation sites is 1. The summed E-state index contributed by atoms with van der Waals surface area (Å²) < 4.78 is 5.28. The molecule has 0 bridgehead atoms. The van der Waals surface area contributed by atoms with Crippen LogP contribution in [0.3, 0.4) is 0 Å². The number of hydrogen-bond donors (Lipinski definition) is 4. The van der Waals surface area contributed by atoms with Crippen molar-refractivity contribution in [3.63, 3.8) is 0 Å². The fraction of sp³-hybridized carbons (Fsp3) is 0.630. The van der Waals surface area contributed by atoms with E-state index in [1.165, 1.54) is 11.0 Å². The van der Waals surface area contributed by atoms with Crippen LogP contribution in [-0.2, 0) is 19.1 Å². The van der Waals surface area contributed by atoms with E-state index in [4.69, 9.17) is 10.5 Å². The predicted octanol–water partition coefficient (Wildman–Crippen LogP) is 3.53. The summed E-state index contributed by atoms with van der Waals surface area (Å²) in [7, 11) is 0. The number of nitrogens with zero attached hydrogens (tertiary/aromatic N) is 1. The van der Waals surface area contributed by atoms with Gasteiger partial charge in [0.1, 0.15) is 23.4 Å². The van der Waals surface area contributed by atoms with E-state index >= 15 is 0 Å². The predicted molar refractivity (Wildman–Crippen MR) is 142 cm³/mol. The van der Waals surface area contributed by atoms with Crippen LogP contribution < -0.4 is 16.4 Å². The third-order valence-electron chi connectivity index (χ3n) is 5.22. The third-order valence-corrected chi connectivity index (χ3v) is 5.22. The normalized spacial score (nSPS) is 13.3. The number of phenolic OH excluding ortho intramolecular Hbond substituents is 1. The van der Waals surface area contributed by atoms with Gasteiger partial charge >= 0.3 is 6.09 Å². The standard InChI is InChI=1S/C27H44N4O6/c1-8-9-10-13-16-31(24(35)19(17-21(28)33)29-25(36)37-27(5,6)7)22(23(34)30-26(2,3)4)18-14-11-12-15-20(18)32/h11-12,14-15,19,22,32H,8-10,13,16-17H2,1-7H3,(H2,28,33)(H,29,36)(H,30,34). The van der Waals surface area contributed by atoms with Crippen LogP contribution in [0.15, 0.2) is 24.3 Å². The van der Waals surface area contributed by atoms with Crippen LogP contribution in [0.25, 0.3) is 0 Å². The molecule has 0 aliphatic carbocycles. The monoisotopic (exact) mass is 520 g/mol. The number of alkyl carbamates (subject to hydrolysis) is 1. The number of carbonyl (C=O) groups is 4. The Hall–Kier alpha value is -3.30. The second kappa shape index (κ2) is 13.9. The highest BCUT2D eigenvalue weighted by molar-refractivity contribution is 5.95. The molecule has 0 aliphatic heterocycles. The van der Waals surface area contributed by atoms with Crippen LogP contribution in [0.5, 0.6) is 5.75 Å². The largest absolute Gasteiger partial charge is 0.508 e. The maximum atomic E-state index is 13.9. The Labute approximate surface area is 220 Å². The van der Waals surface area contributed by atoms with Crippen LogP contribution in [0.2, 0.25) is 0 Å². The fourth-order valence-corrected chi connectivity index (χ4v) is 3.73. The molecule has 2 atom stereocenters. The first-order valence-corrected chi connectivity index (χ1v) is 12.7. The van der Waals surface area contributed by atoms with Crippen LogP contribution in [-0.4, -0.2) is 57.5 Å². The maximum absolute atomic E-state index is 13.9. The molecule has 0 fully saturated rings. The number of aromatic hydroxyl groups is 1. The lowest BCUT2D eigenvalue weighted by molar-refractivity contribution is -0.144. The van der Waals surface area contributed by atoms with Crippen molar-refractivity contribution in [3.05, 3.63) is 29.8 Å². The molecule has 1 aromatic rings. The van der Waals surface area contributed by atoms with Crippen molar-refractivity contribution in [2.24, 2.45) is 5.73 Å². The minimum absolute atomic E-state index is 0.153. The number of amides is 4. The number of rotatable bonds is 12. The first kappa shape index (κ1) is 31.7. The van der Waals surface area contributed by atoms with E-state index < -0.39 is 53.5 Å². The Bertz CT molecular complexity index is 936. The number of carbonyl (C=O) groups excluding carboxylic acids is 4. The molecule has 1 aromatic carbocycles. The molecule has 2 unspecified atom stereocenters. The van der Waals surface area contributed by atoms with Crippen molar-refractivity contribution in [2.75, 3.05) is 6.54 Å². The van der Waals surface area contributed by atoms with E-state index in [0.29, 0.717) is 6.42 Å². The molecule has 4 amide bonds. The van der Waals surface area contributed by atoms with Gasteiger partial charge in [0, 0.05) is 17.6 Å². The fourth-order valence-electron chi connectivity index (χ4n) is 3.73. The molecule has 0 aliphatic rings. The molecule has 5 N–H and O–H groups in total. The van der Waals surface area contributed by atoms with Crippen LogP contribution >= 0.6 is 0 Å². The first-order chi connectivity index (χ1) is 17.1. The lowest BCUT2D eigenvalue weighted by Gasteiger charge is -2.36. The van der Waals surface area contributed by atoms with Crippen molar-refractivity contribution in [1.82, 2.24) is 15.5 Å². The van der Waals surface area contributed by atoms with Gasteiger partial charge in [-0.3, -0.25) is 14.4 Å². The summed E-state index contributed by atoms with van der Waals surface area (Å²) in [5.74, 6) is -2.15. The number of phenols is 1. The summed E-state index contributed by atoms with van der Waals surface area (Å²) >= 11 is 0. The second-order valence-corrected chi connectivity index (χ2v) is 11.2. The molecular weight excluding hydrogens is 476 g/mol. The Morgan fingerprint density at radius 1 is 1.03 bits per heavy atom. The summed E-state index contributed by atoms with van der Waals surface area (Å²) in [5.41, 5.74) is 4.17. The highest BCUT2D eigenvalue weighted by Gasteiger charge is 2.38. The lowest BCUT2D eigenvalue weighted by Crippen LogP contribution is -2.55. The minimum Gasteiger partial charge on any atom is -0.508 e. The number of benzene rings is 1. The van der Waals surface area contributed by atoms with Gasteiger partial charge in [-0.05, 0) is 54.0 Å². The Morgan fingerprint density at radius 2 is 1.65 bits per heavy atom. The number of nitrogens with two attached hydrogens (primary N) is 1. The van der Waals surface area contributed by atoms with Gasteiger partial charge in [-0.2, -0.15) is 0 Å². The summed E-state index contributed by atoms with van der Waals surface area (Å²) in [6.45, 7) is 12.6. The average Bonchev–Trinajstić information content (AvgIpc) is 2.73. The third kappa shape index (κ3) is 11.5. The summed E-state index contributed by atoms with van der Waals surface area (Å²) in [4.78, 5) is 53.2. The number of hydrogen-bond acceptors (Lipinski definition) is 6. The second-order valence-electron chi connectivity index (χ2n) is 11.2. The Morgan fingerprint density at radius 3 is 2.16 bits per heavy atom. The molecule has 0 radical (unpaired) electrons. The van der Waals surface area contributed by atoms with Crippen molar-refractivity contribution < 1.29 is 29.0 Å². The van der Waals surface area contributed by atoms with Gasteiger partial charge < -0.3 is 31.1 Å². The summed E-state index contributed by atoms with van der Waals surface area (Å²) in [5, 5.41) is 16.0. The van der Waals surface area contributed by atoms with Gasteiger partial charge in [-0.1, -0.05) is 44.4 Å². The lowest BCUT2D eigenvalue weighted by atomic mass is 9.98. The highest BCUT2D eigenvalue weighted by atomic mass is 16.6. The van der Waals surface area contributed by atoms with E-state index in [9.17, 15) is 24.3 Å². The summed E-state index contributed by atoms with van der Waals surface area (Å²) in [6.07, 6.45) is 1.88. The number of ether oxygens (including phenoxy) is 1. The van der Waals surface area contributed by atoms with E-state index in [-0.39, 0.29) is 17.9 Å². The molecule has 0 saturated heterocycles. The zero-order chi connectivity index (χ0) is 28.4. The molecule has 0 spiro atoms. The average molecular weight is 521 g/mol. The van der Waals surface area contributed by atoms with Crippen molar-refractivity contribution in [3.8, 4) is 5.75 Å². The van der Waals surface area contributed by atoms with E-state index in [1.807, 2.05) is 0 Å². The van der Waals surface area contributed by atoms with Crippen molar-refractivity contribution in [2.45, 2.75) is 104 Å². The van der Waals surface area contributed by atoms with Crippen LogP contribution in [0.1, 0.15) is 92.2 Å². The van der Waals surface area contributed by atoms with Crippen LogP contribution in [0, 0.1) is 0 Å². The van der Waals surface area contributed by atoms with Crippen molar-refractivity contribution >= 4 is 23.8 Å². The van der Waals surface area contributed by atoms with E-state index in [1.54, 1.807) is 59.7 Å². The van der Waals surface area contributed by atoms with Gasteiger partial charge in [-0.25, -0.2) is 4.79 Å². The van der Waals surface area contributed by atoms with Crippen LogP contribution in [0.4, 0.5) is 4.79 Å². The molecule has 0 heterocycles. The van der Waals surface area contributed by atoms with Gasteiger partial charge in [-0.15, -0.1) is 0 Å². The minimum atomic E-state index is -1.37. The maximum Gasteiger partial charge on any atom is 0.408 e. The number of nitrogens with one attached hydrogen (secondary N) is 2. The Balaban J connectivity index is 3.54. The Kier molecular flexibility index (Phi) is 11.9. The molecule has 208 valence electrons. The molecule has 1 rings (SSSR count). The zero-order valence-corrected chi connectivity index (χ0v) is 23.2. The van der Waals surface area contributed by atoms with Gasteiger partial charge in [0.15, 0.2) is 0 Å². The molecule has 0 aromatic heterocycles. The first-order valence-electron chi connectivity index (χ1n) is 12.7. The van der Waals surface area contributed by atoms with Crippen molar-refractivity contribution in [1.29, 1.82) is 0 Å². The van der Waals surface area contributed by atoms with E-state index in [2.05, 4.69) is 17.6 Å². The highest BCUT2D eigenvalue weighted by Crippen LogP contribution is 2.31. The molecule has 37 heavy (non-hydrogen) atoms. The molecule has 10 heteroatoms. The quantitative estimate of drug-likeness (QED) is 0.310. The topological polar surface area (TPSA) is 151 Å². The molecule has 10 nitrogen and oxygen atoms in total.